The van der Waals surface area contributed by atoms with Crippen LogP contribution in [0.3, 0.4) is 0 Å². The minimum absolute atomic E-state index is 0.0102. The highest BCUT2D eigenvalue weighted by Crippen LogP contribution is 2.25. The first kappa shape index (κ1) is 14.5. The highest BCUT2D eigenvalue weighted by molar-refractivity contribution is 5.90. The molecule has 0 aliphatic carbocycles. The van der Waals surface area contributed by atoms with Gasteiger partial charge in [-0.15, -0.1) is 0 Å². The second-order valence-corrected chi connectivity index (χ2v) is 4.39. The predicted octanol–water partition coefficient (Wildman–Crippen LogP) is 2.76. The van der Waals surface area contributed by atoms with Gasteiger partial charge in [0.2, 0.25) is 5.88 Å². The Morgan fingerprint density at radius 3 is 2.38 bits per heavy atom. The largest absolute Gasteiger partial charge is 0.481 e. The Labute approximate surface area is 120 Å². The number of pyridine rings is 1. The quantitative estimate of drug-likeness (QED) is 0.877. The molecule has 1 heterocycles. The third-order valence-corrected chi connectivity index (χ3v) is 2.97. The first-order chi connectivity index (χ1) is 9.99. The van der Waals surface area contributed by atoms with Crippen LogP contribution in [0.2, 0.25) is 0 Å². The lowest BCUT2D eigenvalue weighted by atomic mass is 10.0. The van der Waals surface area contributed by atoms with E-state index in [9.17, 15) is 9.59 Å². The summed E-state index contributed by atoms with van der Waals surface area (Å²) in [7, 11) is 0. The molecule has 6 nitrogen and oxygen atoms in total. The SMILES string of the molecule is CC(C(=O)O)c1ccc(Oc2ncccc2C(=O)O)cc1. The van der Waals surface area contributed by atoms with Crippen molar-refractivity contribution in [2.24, 2.45) is 0 Å². The molecule has 2 aromatic rings. The maximum Gasteiger partial charge on any atom is 0.341 e. The fourth-order valence-corrected chi connectivity index (χ4v) is 1.71. The number of hydrogen-bond acceptors (Lipinski definition) is 4. The first-order valence-corrected chi connectivity index (χ1v) is 6.18. The van der Waals surface area contributed by atoms with E-state index in [4.69, 9.17) is 14.9 Å². The second-order valence-electron chi connectivity index (χ2n) is 4.39. The van der Waals surface area contributed by atoms with Gasteiger partial charge in [-0.05, 0) is 36.8 Å². The van der Waals surface area contributed by atoms with Crippen LogP contribution in [0.1, 0.15) is 28.8 Å². The van der Waals surface area contributed by atoms with Crippen LogP contribution in [0.25, 0.3) is 0 Å². The van der Waals surface area contributed by atoms with Crippen molar-refractivity contribution in [2.75, 3.05) is 0 Å². The molecule has 0 aliphatic heterocycles. The highest BCUT2D eigenvalue weighted by atomic mass is 16.5. The number of carboxylic acids is 2. The number of benzene rings is 1. The maximum absolute atomic E-state index is 11.0. The summed E-state index contributed by atoms with van der Waals surface area (Å²) >= 11 is 0. The molecule has 6 heteroatoms. The lowest BCUT2D eigenvalue weighted by Gasteiger charge is -2.09. The zero-order valence-electron chi connectivity index (χ0n) is 11.2. The van der Waals surface area contributed by atoms with Crippen LogP contribution in [0.15, 0.2) is 42.6 Å². The van der Waals surface area contributed by atoms with Gasteiger partial charge in [0.15, 0.2) is 0 Å². The molecule has 2 N–H and O–H groups in total. The molecule has 0 amide bonds. The number of aliphatic carboxylic acids is 1. The van der Waals surface area contributed by atoms with Crippen LogP contribution in [0.4, 0.5) is 0 Å². The molecule has 0 saturated carbocycles. The fraction of sp³-hybridized carbons (Fsp3) is 0.133. The average molecular weight is 287 g/mol. The summed E-state index contributed by atoms with van der Waals surface area (Å²) < 4.78 is 5.43. The zero-order chi connectivity index (χ0) is 15.4. The van der Waals surface area contributed by atoms with Gasteiger partial charge in [0.05, 0.1) is 5.92 Å². The second kappa shape index (κ2) is 6.04. The minimum atomic E-state index is -1.13. The van der Waals surface area contributed by atoms with Crippen molar-refractivity contribution >= 4 is 11.9 Å². The molecular weight excluding hydrogens is 274 g/mol. The van der Waals surface area contributed by atoms with E-state index in [0.29, 0.717) is 11.3 Å². The van der Waals surface area contributed by atoms with E-state index in [2.05, 4.69) is 4.98 Å². The van der Waals surface area contributed by atoms with Gasteiger partial charge in [0.1, 0.15) is 11.3 Å². The van der Waals surface area contributed by atoms with E-state index in [1.165, 1.54) is 18.3 Å². The predicted molar refractivity (Wildman–Crippen MR) is 73.8 cm³/mol. The van der Waals surface area contributed by atoms with Crippen LogP contribution in [0.5, 0.6) is 11.6 Å². The Kier molecular flexibility index (Phi) is 4.18. The Hall–Kier alpha value is -2.89. The van der Waals surface area contributed by atoms with E-state index in [1.54, 1.807) is 31.2 Å². The van der Waals surface area contributed by atoms with Gasteiger partial charge in [-0.1, -0.05) is 12.1 Å². The first-order valence-electron chi connectivity index (χ1n) is 6.18. The smallest absolute Gasteiger partial charge is 0.341 e. The Morgan fingerprint density at radius 2 is 1.81 bits per heavy atom. The molecule has 0 saturated heterocycles. The summed E-state index contributed by atoms with van der Waals surface area (Å²) in [5, 5.41) is 18.0. The molecule has 108 valence electrons. The van der Waals surface area contributed by atoms with Crippen LogP contribution in [-0.2, 0) is 4.79 Å². The summed E-state index contributed by atoms with van der Waals surface area (Å²) in [6.07, 6.45) is 1.43. The minimum Gasteiger partial charge on any atom is -0.481 e. The summed E-state index contributed by atoms with van der Waals surface area (Å²) in [5.74, 6) is -2.29. The maximum atomic E-state index is 11.0. The fourth-order valence-electron chi connectivity index (χ4n) is 1.71. The van der Waals surface area contributed by atoms with Crippen molar-refractivity contribution < 1.29 is 24.5 Å². The number of carboxylic acid groups (broad SMARTS) is 2. The van der Waals surface area contributed by atoms with Gasteiger partial charge in [0, 0.05) is 6.20 Å². The Balaban J connectivity index is 2.22. The van der Waals surface area contributed by atoms with Gasteiger partial charge in [-0.3, -0.25) is 4.79 Å². The Bertz CT molecular complexity index is 666. The molecule has 0 aliphatic rings. The number of aromatic carboxylic acids is 1. The third-order valence-electron chi connectivity index (χ3n) is 2.97. The number of rotatable bonds is 5. The van der Waals surface area contributed by atoms with Crippen molar-refractivity contribution in [1.29, 1.82) is 0 Å². The molecule has 0 spiro atoms. The molecule has 0 radical (unpaired) electrons. The topological polar surface area (TPSA) is 96.7 Å². The van der Waals surface area contributed by atoms with Gasteiger partial charge >= 0.3 is 11.9 Å². The van der Waals surface area contributed by atoms with E-state index in [1.807, 2.05) is 0 Å². The van der Waals surface area contributed by atoms with Crippen molar-refractivity contribution in [1.82, 2.24) is 4.98 Å². The van der Waals surface area contributed by atoms with Crippen molar-refractivity contribution in [3.63, 3.8) is 0 Å². The number of carbonyl (C=O) groups is 2. The monoisotopic (exact) mass is 287 g/mol. The summed E-state index contributed by atoms with van der Waals surface area (Å²) in [4.78, 5) is 25.8. The van der Waals surface area contributed by atoms with E-state index < -0.39 is 17.9 Å². The third kappa shape index (κ3) is 3.36. The summed E-state index contributed by atoms with van der Waals surface area (Å²) in [6.45, 7) is 1.58. The normalized spacial score (nSPS) is 11.7. The molecule has 2 rings (SSSR count). The van der Waals surface area contributed by atoms with Crippen molar-refractivity contribution in [3.05, 3.63) is 53.7 Å². The average Bonchev–Trinajstić information content (AvgIpc) is 2.47. The molecular formula is C15H13NO5. The van der Waals surface area contributed by atoms with E-state index >= 15 is 0 Å². The van der Waals surface area contributed by atoms with Gasteiger partial charge in [-0.2, -0.15) is 0 Å². The molecule has 0 bridgehead atoms. The van der Waals surface area contributed by atoms with Crippen molar-refractivity contribution in [2.45, 2.75) is 12.8 Å². The Morgan fingerprint density at radius 1 is 1.14 bits per heavy atom. The van der Waals surface area contributed by atoms with E-state index in [-0.39, 0.29) is 11.4 Å². The van der Waals surface area contributed by atoms with Gasteiger partial charge in [-0.25, -0.2) is 9.78 Å². The molecule has 0 fully saturated rings. The van der Waals surface area contributed by atoms with Crippen LogP contribution in [0, 0.1) is 0 Å². The lowest BCUT2D eigenvalue weighted by Crippen LogP contribution is -2.07. The number of aromatic nitrogens is 1. The van der Waals surface area contributed by atoms with Crippen LogP contribution < -0.4 is 4.74 Å². The number of nitrogens with zero attached hydrogens (tertiary/aromatic N) is 1. The summed E-state index contributed by atoms with van der Waals surface area (Å²) in [6, 6.07) is 9.30. The highest BCUT2D eigenvalue weighted by Gasteiger charge is 2.15. The zero-order valence-corrected chi connectivity index (χ0v) is 11.2. The number of ether oxygens (including phenoxy) is 1. The number of hydrogen-bond donors (Lipinski definition) is 2. The van der Waals surface area contributed by atoms with Gasteiger partial charge in [0.25, 0.3) is 0 Å². The van der Waals surface area contributed by atoms with E-state index in [0.717, 1.165) is 0 Å². The van der Waals surface area contributed by atoms with Crippen molar-refractivity contribution in [3.8, 4) is 11.6 Å². The van der Waals surface area contributed by atoms with Gasteiger partial charge < -0.3 is 14.9 Å². The molecule has 1 aromatic heterocycles. The molecule has 21 heavy (non-hydrogen) atoms. The standard InChI is InChI=1S/C15H13NO5/c1-9(14(17)18)10-4-6-11(7-5-10)21-13-12(15(19)20)3-2-8-16-13/h2-9H,1H3,(H,17,18)(H,19,20). The van der Waals surface area contributed by atoms with Crippen LogP contribution >= 0.6 is 0 Å². The lowest BCUT2D eigenvalue weighted by molar-refractivity contribution is -0.138. The molecule has 1 atom stereocenters. The van der Waals surface area contributed by atoms with Crippen LogP contribution in [-0.4, -0.2) is 27.1 Å². The molecule has 1 aromatic carbocycles. The summed E-state index contributed by atoms with van der Waals surface area (Å²) in [5.41, 5.74) is 0.592. The molecule has 1 unspecified atom stereocenters.